The number of nitrogens with one attached hydrogen (secondary N) is 1. The van der Waals surface area contributed by atoms with Crippen LogP contribution in [-0.2, 0) is 4.74 Å². The molecule has 1 N–H and O–H groups in total. The summed E-state index contributed by atoms with van der Waals surface area (Å²) >= 11 is 0. The molecule has 2 fully saturated rings. The molecule has 116 valence electrons. The number of guanidine groups is 1. The molecule has 2 aliphatic rings. The lowest BCUT2D eigenvalue weighted by Crippen LogP contribution is -2.43. The van der Waals surface area contributed by atoms with Gasteiger partial charge >= 0.3 is 0 Å². The fourth-order valence-corrected chi connectivity index (χ4v) is 3.19. The van der Waals surface area contributed by atoms with Gasteiger partial charge in [0.2, 0.25) is 0 Å². The third-order valence-electron chi connectivity index (χ3n) is 4.50. The maximum absolute atomic E-state index is 5.44. The van der Waals surface area contributed by atoms with Gasteiger partial charge in [0.05, 0.1) is 6.61 Å². The molecule has 2 rings (SSSR count). The predicted octanol–water partition coefficient (Wildman–Crippen LogP) is 0.872. The highest BCUT2D eigenvalue weighted by molar-refractivity contribution is 5.79. The molecule has 2 aliphatic heterocycles. The van der Waals surface area contributed by atoms with E-state index in [4.69, 9.17) is 4.74 Å². The Labute approximate surface area is 123 Å². The first-order valence-corrected chi connectivity index (χ1v) is 7.94. The van der Waals surface area contributed by atoms with Crippen LogP contribution in [0.25, 0.3) is 0 Å². The SMILES string of the molecule is CCN1CCC(CNC(=NC)N(C)CC2CCOC2)C1. The van der Waals surface area contributed by atoms with E-state index in [-0.39, 0.29) is 0 Å². The Morgan fingerprint density at radius 2 is 2.25 bits per heavy atom. The second-order valence-electron chi connectivity index (χ2n) is 6.09. The van der Waals surface area contributed by atoms with E-state index in [1.54, 1.807) is 0 Å². The molecule has 0 aromatic rings. The summed E-state index contributed by atoms with van der Waals surface area (Å²) in [5.74, 6) is 2.43. The quantitative estimate of drug-likeness (QED) is 0.600. The van der Waals surface area contributed by atoms with Gasteiger partial charge in [0.25, 0.3) is 0 Å². The van der Waals surface area contributed by atoms with Crippen LogP contribution in [0, 0.1) is 11.8 Å². The van der Waals surface area contributed by atoms with Gasteiger partial charge in [0, 0.05) is 46.3 Å². The summed E-state index contributed by atoms with van der Waals surface area (Å²) in [7, 11) is 4.00. The predicted molar refractivity (Wildman–Crippen MR) is 83.1 cm³/mol. The van der Waals surface area contributed by atoms with E-state index >= 15 is 0 Å². The topological polar surface area (TPSA) is 40.1 Å². The van der Waals surface area contributed by atoms with Crippen molar-refractivity contribution in [3.05, 3.63) is 0 Å². The Bertz CT molecular complexity index is 315. The van der Waals surface area contributed by atoms with Crippen molar-refractivity contribution in [1.29, 1.82) is 0 Å². The summed E-state index contributed by atoms with van der Waals surface area (Å²) in [5, 5.41) is 3.54. The highest BCUT2D eigenvalue weighted by Gasteiger charge is 2.22. The highest BCUT2D eigenvalue weighted by Crippen LogP contribution is 2.15. The standard InChI is InChI=1S/C15H30N4O/c1-4-19-7-5-13(11-19)9-17-15(16-2)18(3)10-14-6-8-20-12-14/h13-14H,4-12H2,1-3H3,(H,16,17). The third-order valence-corrected chi connectivity index (χ3v) is 4.50. The van der Waals surface area contributed by atoms with E-state index in [2.05, 4.69) is 34.1 Å². The van der Waals surface area contributed by atoms with Crippen LogP contribution < -0.4 is 5.32 Å². The summed E-state index contributed by atoms with van der Waals surface area (Å²) in [4.78, 5) is 9.17. The Morgan fingerprint density at radius 1 is 1.40 bits per heavy atom. The lowest BCUT2D eigenvalue weighted by atomic mass is 10.1. The maximum atomic E-state index is 5.44. The van der Waals surface area contributed by atoms with Crippen molar-refractivity contribution in [2.75, 3.05) is 60.0 Å². The van der Waals surface area contributed by atoms with Gasteiger partial charge in [-0.25, -0.2) is 0 Å². The molecule has 2 heterocycles. The fraction of sp³-hybridized carbons (Fsp3) is 0.933. The van der Waals surface area contributed by atoms with Gasteiger partial charge in [0.15, 0.2) is 5.96 Å². The Morgan fingerprint density at radius 3 is 2.85 bits per heavy atom. The van der Waals surface area contributed by atoms with Gasteiger partial charge in [-0.3, -0.25) is 4.99 Å². The first-order chi connectivity index (χ1) is 9.72. The van der Waals surface area contributed by atoms with Crippen molar-refractivity contribution >= 4 is 5.96 Å². The van der Waals surface area contributed by atoms with Crippen molar-refractivity contribution in [3.8, 4) is 0 Å². The van der Waals surface area contributed by atoms with E-state index in [1.807, 2.05) is 7.05 Å². The highest BCUT2D eigenvalue weighted by atomic mass is 16.5. The smallest absolute Gasteiger partial charge is 0.193 e. The van der Waals surface area contributed by atoms with Crippen molar-refractivity contribution in [3.63, 3.8) is 0 Å². The zero-order chi connectivity index (χ0) is 14.4. The third kappa shape index (κ3) is 4.35. The van der Waals surface area contributed by atoms with Crippen LogP contribution in [0.3, 0.4) is 0 Å². The maximum Gasteiger partial charge on any atom is 0.193 e. The van der Waals surface area contributed by atoms with Crippen LogP contribution in [0.2, 0.25) is 0 Å². The summed E-state index contributed by atoms with van der Waals surface area (Å²) in [6.07, 6.45) is 2.48. The number of nitrogens with zero attached hydrogens (tertiary/aromatic N) is 3. The lowest BCUT2D eigenvalue weighted by Gasteiger charge is -2.25. The first kappa shape index (κ1) is 15.6. The molecule has 2 unspecified atom stereocenters. The Hall–Kier alpha value is -0.810. The molecule has 0 aromatic heterocycles. The summed E-state index contributed by atoms with van der Waals surface area (Å²) in [6, 6.07) is 0. The summed E-state index contributed by atoms with van der Waals surface area (Å²) < 4.78 is 5.44. The number of rotatable bonds is 5. The Kier molecular flexibility index (Phi) is 6.10. The van der Waals surface area contributed by atoms with Crippen molar-refractivity contribution in [2.45, 2.75) is 19.8 Å². The van der Waals surface area contributed by atoms with Gasteiger partial charge in [-0.15, -0.1) is 0 Å². The van der Waals surface area contributed by atoms with Gasteiger partial charge in [0.1, 0.15) is 0 Å². The molecule has 0 aromatic carbocycles. The lowest BCUT2D eigenvalue weighted by molar-refractivity contribution is 0.181. The molecule has 5 heteroatoms. The van der Waals surface area contributed by atoms with E-state index in [0.717, 1.165) is 38.2 Å². The zero-order valence-corrected chi connectivity index (χ0v) is 13.3. The van der Waals surface area contributed by atoms with E-state index in [9.17, 15) is 0 Å². The molecule has 0 bridgehead atoms. The Balaban J connectivity index is 1.71. The van der Waals surface area contributed by atoms with Crippen LogP contribution >= 0.6 is 0 Å². The second-order valence-corrected chi connectivity index (χ2v) is 6.09. The number of hydrogen-bond donors (Lipinski definition) is 1. The van der Waals surface area contributed by atoms with Crippen molar-refractivity contribution < 1.29 is 4.74 Å². The van der Waals surface area contributed by atoms with E-state index < -0.39 is 0 Å². The van der Waals surface area contributed by atoms with Crippen molar-refractivity contribution in [1.82, 2.24) is 15.1 Å². The van der Waals surface area contributed by atoms with Crippen LogP contribution in [0.4, 0.5) is 0 Å². The molecular weight excluding hydrogens is 252 g/mol. The molecule has 0 aliphatic carbocycles. The molecule has 20 heavy (non-hydrogen) atoms. The van der Waals surface area contributed by atoms with Crippen LogP contribution in [0.15, 0.2) is 4.99 Å². The molecule has 0 radical (unpaired) electrons. The molecular formula is C15H30N4O. The van der Waals surface area contributed by atoms with Crippen molar-refractivity contribution in [2.24, 2.45) is 16.8 Å². The fourth-order valence-electron chi connectivity index (χ4n) is 3.19. The van der Waals surface area contributed by atoms with E-state index in [0.29, 0.717) is 5.92 Å². The normalized spacial score (nSPS) is 28.1. The second kappa shape index (κ2) is 7.84. The van der Waals surface area contributed by atoms with Crippen LogP contribution in [0.1, 0.15) is 19.8 Å². The molecule has 0 amide bonds. The number of aliphatic imine (C=N–C) groups is 1. The first-order valence-electron chi connectivity index (χ1n) is 7.94. The van der Waals surface area contributed by atoms with Crippen LogP contribution in [-0.4, -0.2) is 75.8 Å². The van der Waals surface area contributed by atoms with Crippen LogP contribution in [0.5, 0.6) is 0 Å². The van der Waals surface area contributed by atoms with Gasteiger partial charge in [-0.05, 0) is 31.8 Å². The van der Waals surface area contributed by atoms with Gasteiger partial charge in [-0.1, -0.05) is 6.92 Å². The number of ether oxygens (including phenoxy) is 1. The average molecular weight is 282 g/mol. The largest absolute Gasteiger partial charge is 0.381 e. The minimum Gasteiger partial charge on any atom is -0.381 e. The summed E-state index contributed by atoms with van der Waals surface area (Å²) in [5.41, 5.74) is 0. The molecule has 5 nitrogen and oxygen atoms in total. The van der Waals surface area contributed by atoms with Gasteiger partial charge < -0.3 is 19.9 Å². The van der Waals surface area contributed by atoms with E-state index in [1.165, 1.54) is 32.5 Å². The minimum atomic E-state index is 0.653. The molecule has 2 saturated heterocycles. The molecule has 2 atom stereocenters. The average Bonchev–Trinajstić information content (AvgIpc) is 3.10. The number of hydrogen-bond acceptors (Lipinski definition) is 3. The monoisotopic (exact) mass is 282 g/mol. The molecule has 0 saturated carbocycles. The molecule has 0 spiro atoms. The minimum absolute atomic E-state index is 0.653. The zero-order valence-electron chi connectivity index (χ0n) is 13.3. The van der Waals surface area contributed by atoms with Gasteiger partial charge in [-0.2, -0.15) is 0 Å². The number of likely N-dealkylation sites (tertiary alicyclic amines) is 1. The summed E-state index contributed by atoms with van der Waals surface area (Å²) in [6.45, 7) is 9.77.